The summed E-state index contributed by atoms with van der Waals surface area (Å²) in [6.07, 6.45) is 1.04. The van der Waals surface area contributed by atoms with Gasteiger partial charge >= 0.3 is 12.6 Å². The average Bonchev–Trinajstić information content (AvgIpc) is 2.84. The molecule has 2 heterocycles. The third-order valence-corrected chi connectivity index (χ3v) is 3.92. The zero-order chi connectivity index (χ0) is 15.4. The van der Waals surface area contributed by atoms with Gasteiger partial charge in [-0.05, 0) is 24.3 Å². The number of amides is 1. The van der Waals surface area contributed by atoms with Crippen molar-refractivity contribution in [3.05, 3.63) is 16.3 Å². The van der Waals surface area contributed by atoms with E-state index in [9.17, 15) is 18.4 Å². The van der Waals surface area contributed by atoms with Crippen LogP contribution in [0, 0.1) is 0 Å². The maximum absolute atomic E-state index is 12.4. The predicted octanol–water partition coefficient (Wildman–Crippen LogP) is 2.52. The van der Waals surface area contributed by atoms with Crippen molar-refractivity contribution in [1.82, 2.24) is 4.90 Å². The summed E-state index contributed by atoms with van der Waals surface area (Å²) < 4.78 is 34.0. The standard InChI is InChI=1S/C13H15F2NO4S/c1-8(17)19-9-3-2-5-16(7-9)12(18)11-10(4-6-21-11)20-13(14)15/h4,6,9,13H,2-3,5,7H2,1H3/t9-/m1/s1. The zero-order valence-electron chi connectivity index (χ0n) is 11.4. The van der Waals surface area contributed by atoms with E-state index in [0.29, 0.717) is 19.4 Å². The van der Waals surface area contributed by atoms with Crippen LogP contribution in [0.2, 0.25) is 0 Å². The van der Waals surface area contributed by atoms with Crippen molar-refractivity contribution in [3.63, 3.8) is 0 Å². The summed E-state index contributed by atoms with van der Waals surface area (Å²) >= 11 is 1.05. The van der Waals surface area contributed by atoms with E-state index < -0.39 is 12.6 Å². The lowest BCUT2D eigenvalue weighted by Gasteiger charge is -2.32. The SMILES string of the molecule is CC(=O)O[C@@H]1CCCN(C(=O)c2sccc2OC(F)F)C1. The Morgan fingerprint density at radius 1 is 1.48 bits per heavy atom. The lowest BCUT2D eigenvalue weighted by atomic mass is 10.1. The fourth-order valence-electron chi connectivity index (χ4n) is 2.24. The summed E-state index contributed by atoms with van der Waals surface area (Å²) in [4.78, 5) is 25.0. The van der Waals surface area contributed by atoms with Crippen LogP contribution in [-0.4, -0.2) is 42.6 Å². The number of carbonyl (C=O) groups is 2. The smallest absolute Gasteiger partial charge is 0.387 e. The minimum absolute atomic E-state index is 0.116. The molecule has 1 aliphatic rings. The summed E-state index contributed by atoms with van der Waals surface area (Å²) in [6, 6.07) is 1.34. The molecule has 1 atom stereocenters. The Labute approximate surface area is 124 Å². The van der Waals surface area contributed by atoms with Crippen LogP contribution in [0.5, 0.6) is 5.75 Å². The maximum atomic E-state index is 12.4. The second-order valence-electron chi connectivity index (χ2n) is 4.62. The van der Waals surface area contributed by atoms with Crippen molar-refractivity contribution in [2.24, 2.45) is 0 Å². The van der Waals surface area contributed by atoms with Crippen LogP contribution in [0.3, 0.4) is 0 Å². The topological polar surface area (TPSA) is 55.8 Å². The van der Waals surface area contributed by atoms with Crippen LogP contribution in [0.1, 0.15) is 29.4 Å². The van der Waals surface area contributed by atoms with Crippen LogP contribution in [0.25, 0.3) is 0 Å². The van der Waals surface area contributed by atoms with Gasteiger partial charge in [0.15, 0.2) is 0 Å². The molecule has 116 valence electrons. The first-order valence-electron chi connectivity index (χ1n) is 6.46. The highest BCUT2D eigenvalue weighted by Gasteiger charge is 2.29. The first-order valence-corrected chi connectivity index (χ1v) is 7.34. The Morgan fingerprint density at radius 3 is 2.90 bits per heavy atom. The van der Waals surface area contributed by atoms with Gasteiger partial charge in [0, 0.05) is 13.5 Å². The molecule has 0 radical (unpaired) electrons. The molecule has 8 heteroatoms. The van der Waals surface area contributed by atoms with E-state index in [-0.39, 0.29) is 29.2 Å². The number of rotatable bonds is 4. The fourth-order valence-corrected chi connectivity index (χ4v) is 3.03. The number of hydrogen-bond donors (Lipinski definition) is 0. The first-order chi connectivity index (χ1) is 9.97. The van der Waals surface area contributed by atoms with Crippen molar-refractivity contribution in [3.8, 4) is 5.75 Å². The van der Waals surface area contributed by atoms with Crippen LogP contribution in [0.4, 0.5) is 8.78 Å². The van der Waals surface area contributed by atoms with Gasteiger partial charge in [0.2, 0.25) is 0 Å². The van der Waals surface area contributed by atoms with E-state index in [1.807, 2.05) is 0 Å². The van der Waals surface area contributed by atoms with Gasteiger partial charge in [-0.3, -0.25) is 9.59 Å². The van der Waals surface area contributed by atoms with E-state index >= 15 is 0 Å². The molecular weight excluding hydrogens is 304 g/mol. The summed E-state index contributed by atoms with van der Waals surface area (Å²) in [7, 11) is 0. The van der Waals surface area contributed by atoms with Crippen LogP contribution in [-0.2, 0) is 9.53 Å². The van der Waals surface area contributed by atoms with E-state index in [1.165, 1.54) is 23.3 Å². The fraction of sp³-hybridized carbons (Fsp3) is 0.538. The molecule has 0 aliphatic carbocycles. The molecular formula is C13H15F2NO4S. The van der Waals surface area contributed by atoms with E-state index in [1.54, 1.807) is 0 Å². The number of nitrogens with zero attached hydrogens (tertiary/aromatic N) is 1. The van der Waals surface area contributed by atoms with Crippen molar-refractivity contribution in [1.29, 1.82) is 0 Å². The number of piperidine rings is 1. The van der Waals surface area contributed by atoms with E-state index in [0.717, 1.165) is 11.3 Å². The number of carbonyl (C=O) groups excluding carboxylic acids is 2. The van der Waals surface area contributed by atoms with Gasteiger partial charge < -0.3 is 14.4 Å². The van der Waals surface area contributed by atoms with Crippen LogP contribution in [0.15, 0.2) is 11.4 Å². The predicted molar refractivity (Wildman–Crippen MR) is 71.6 cm³/mol. The van der Waals surface area contributed by atoms with E-state index in [2.05, 4.69) is 4.74 Å². The van der Waals surface area contributed by atoms with Gasteiger partial charge in [-0.1, -0.05) is 0 Å². The molecule has 0 saturated carbocycles. The van der Waals surface area contributed by atoms with Crippen molar-refractivity contribution >= 4 is 23.2 Å². The summed E-state index contributed by atoms with van der Waals surface area (Å²) in [5, 5.41) is 1.53. The molecule has 1 aromatic rings. The summed E-state index contributed by atoms with van der Waals surface area (Å²) in [5.41, 5.74) is 0. The number of ether oxygens (including phenoxy) is 2. The molecule has 1 aromatic heterocycles. The molecule has 0 spiro atoms. The molecule has 0 bridgehead atoms. The first kappa shape index (κ1) is 15.7. The van der Waals surface area contributed by atoms with Crippen molar-refractivity contribution in [2.45, 2.75) is 32.5 Å². The summed E-state index contributed by atoms with van der Waals surface area (Å²) in [6.45, 7) is -0.886. The van der Waals surface area contributed by atoms with Crippen molar-refractivity contribution in [2.75, 3.05) is 13.1 Å². The second kappa shape index (κ2) is 6.84. The number of esters is 1. The molecule has 5 nitrogen and oxygen atoms in total. The third-order valence-electron chi connectivity index (χ3n) is 3.04. The van der Waals surface area contributed by atoms with Gasteiger partial charge in [0.1, 0.15) is 16.7 Å². The number of alkyl halides is 2. The molecule has 1 fully saturated rings. The Balaban J connectivity index is 2.05. The highest BCUT2D eigenvalue weighted by Crippen LogP contribution is 2.29. The molecule has 0 unspecified atom stereocenters. The highest BCUT2D eigenvalue weighted by atomic mass is 32.1. The Kier molecular flexibility index (Phi) is 5.11. The van der Waals surface area contributed by atoms with Gasteiger partial charge in [-0.2, -0.15) is 8.78 Å². The molecule has 0 N–H and O–H groups in total. The molecule has 1 amide bonds. The third kappa shape index (κ3) is 4.13. The maximum Gasteiger partial charge on any atom is 0.387 e. The van der Waals surface area contributed by atoms with Crippen LogP contribution < -0.4 is 4.74 Å². The monoisotopic (exact) mass is 319 g/mol. The number of hydrogen-bond acceptors (Lipinski definition) is 5. The van der Waals surface area contributed by atoms with Gasteiger partial charge in [0.05, 0.1) is 6.54 Å². The number of likely N-dealkylation sites (tertiary alicyclic amines) is 1. The Bertz CT molecular complexity index is 520. The summed E-state index contributed by atoms with van der Waals surface area (Å²) in [5.74, 6) is -0.890. The molecule has 2 rings (SSSR count). The Morgan fingerprint density at radius 2 is 2.24 bits per heavy atom. The van der Waals surface area contributed by atoms with Gasteiger partial charge in [-0.25, -0.2) is 0 Å². The molecule has 1 aliphatic heterocycles. The quantitative estimate of drug-likeness (QED) is 0.800. The van der Waals surface area contributed by atoms with E-state index in [4.69, 9.17) is 4.74 Å². The molecule has 1 saturated heterocycles. The largest absolute Gasteiger partial charge is 0.461 e. The van der Waals surface area contributed by atoms with Gasteiger partial charge in [0.25, 0.3) is 5.91 Å². The molecule has 21 heavy (non-hydrogen) atoms. The minimum Gasteiger partial charge on any atom is -0.461 e. The normalized spacial score (nSPS) is 18.7. The lowest BCUT2D eigenvalue weighted by Crippen LogP contribution is -2.43. The van der Waals surface area contributed by atoms with Crippen LogP contribution >= 0.6 is 11.3 Å². The number of thiophene rings is 1. The zero-order valence-corrected chi connectivity index (χ0v) is 12.2. The highest BCUT2D eigenvalue weighted by molar-refractivity contribution is 7.12. The minimum atomic E-state index is -2.97. The second-order valence-corrected chi connectivity index (χ2v) is 5.53. The average molecular weight is 319 g/mol. The molecule has 0 aromatic carbocycles. The van der Waals surface area contributed by atoms with Crippen molar-refractivity contribution < 1.29 is 27.8 Å². The lowest BCUT2D eigenvalue weighted by molar-refractivity contribution is -0.148. The number of halogens is 2. The van der Waals surface area contributed by atoms with Gasteiger partial charge in [-0.15, -0.1) is 11.3 Å². The Hall–Kier alpha value is -1.70.